The van der Waals surface area contributed by atoms with Crippen molar-refractivity contribution in [3.63, 3.8) is 0 Å². The van der Waals surface area contributed by atoms with Crippen molar-refractivity contribution in [2.45, 2.75) is 0 Å². The molecule has 7 aromatic rings. The molecule has 0 bridgehead atoms. The summed E-state index contributed by atoms with van der Waals surface area (Å²) >= 11 is 0. The van der Waals surface area contributed by atoms with Crippen LogP contribution in [0.4, 0.5) is 0 Å². The van der Waals surface area contributed by atoms with E-state index >= 15 is 0 Å². The Kier molecular flexibility index (Phi) is 1.78. The van der Waals surface area contributed by atoms with Gasteiger partial charge < -0.3 is 5.11 Å². The van der Waals surface area contributed by atoms with E-state index in [9.17, 15) is 5.11 Å². The van der Waals surface area contributed by atoms with Crippen LogP contribution in [0.2, 0.25) is 0 Å². The van der Waals surface area contributed by atoms with Gasteiger partial charge in [0, 0.05) is 10.8 Å². The molecule has 1 nitrogen and oxygen atoms in total. The smallest absolute Gasteiger partial charge is 0.124 e. The summed E-state index contributed by atoms with van der Waals surface area (Å²) in [6.07, 6.45) is 0. The summed E-state index contributed by atoms with van der Waals surface area (Å²) in [6, 6.07) is 24.7. The second-order valence-corrected chi connectivity index (χ2v) is 7.05. The van der Waals surface area contributed by atoms with Crippen LogP contribution in [0.1, 0.15) is 0 Å². The highest BCUT2D eigenvalue weighted by atomic mass is 16.3. The maximum Gasteiger partial charge on any atom is 0.124 e. The van der Waals surface area contributed by atoms with E-state index in [1.54, 1.807) is 0 Å². The van der Waals surface area contributed by atoms with Crippen molar-refractivity contribution in [3.05, 3.63) is 66.7 Å². The Morgan fingerprint density at radius 3 is 1.56 bits per heavy atom. The number of phenols is 1. The highest BCUT2D eigenvalue weighted by Gasteiger charge is 2.20. The lowest BCUT2D eigenvalue weighted by atomic mass is 9.83. The zero-order valence-electron chi connectivity index (χ0n) is 13.2. The summed E-state index contributed by atoms with van der Waals surface area (Å²) in [7, 11) is 0. The molecule has 1 heteroatoms. The topological polar surface area (TPSA) is 20.2 Å². The minimum Gasteiger partial charge on any atom is -0.507 e. The maximum atomic E-state index is 10.6. The SMILES string of the molecule is Oc1cc2ccc3ccc4ccc5ccc6c[c]c1c1c6c5c4c3c21. The Balaban J connectivity index is 2.10. The van der Waals surface area contributed by atoms with Crippen molar-refractivity contribution in [1.82, 2.24) is 0 Å². The third kappa shape index (κ3) is 1.20. The summed E-state index contributed by atoms with van der Waals surface area (Å²) in [5, 5.41) is 25.1. The largest absolute Gasteiger partial charge is 0.507 e. The minimum atomic E-state index is 0.312. The highest BCUT2D eigenvalue weighted by Crippen LogP contribution is 2.49. The van der Waals surface area contributed by atoms with Gasteiger partial charge in [0.05, 0.1) is 0 Å². The first-order chi connectivity index (χ1) is 12.3. The van der Waals surface area contributed by atoms with E-state index in [0.29, 0.717) is 5.75 Å². The Morgan fingerprint density at radius 1 is 0.520 bits per heavy atom. The van der Waals surface area contributed by atoms with E-state index in [4.69, 9.17) is 0 Å². The van der Waals surface area contributed by atoms with Gasteiger partial charge in [-0.05, 0) is 72.1 Å². The number of phenolic OH excluding ortho intramolecular Hbond substituents is 1. The summed E-state index contributed by atoms with van der Waals surface area (Å²) in [4.78, 5) is 0. The average Bonchev–Trinajstić information content (AvgIpc) is 2.66. The molecular formula is C24H11O. The molecule has 0 fully saturated rings. The zero-order chi connectivity index (χ0) is 16.3. The molecule has 113 valence electrons. The Hall–Kier alpha value is -3.32. The van der Waals surface area contributed by atoms with Gasteiger partial charge in [0.15, 0.2) is 0 Å². The van der Waals surface area contributed by atoms with Crippen LogP contribution in [0.5, 0.6) is 5.75 Å². The minimum absolute atomic E-state index is 0.312. The Morgan fingerprint density at radius 2 is 0.960 bits per heavy atom. The third-order valence-corrected chi connectivity index (χ3v) is 5.88. The fourth-order valence-corrected chi connectivity index (χ4v) is 4.88. The number of hydrogen-bond acceptors (Lipinski definition) is 1. The fourth-order valence-electron chi connectivity index (χ4n) is 4.88. The molecule has 1 N–H and O–H groups in total. The highest BCUT2D eigenvalue weighted by molar-refractivity contribution is 6.44. The van der Waals surface area contributed by atoms with E-state index in [-0.39, 0.29) is 0 Å². The van der Waals surface area contributed by atoms with Crippen molar-refractivity contribution >= 4 is 64.6 Å². The van der Waals surface area contributed by atoms with Crippen molar-refractivity contribution in [2.24, 2.45) is 0 Å². The predicted molar refractivity (Wildman–Crippen MR) is 106 cm³/mol. The van der Waals surface area contributed by atoms with Gasteiger partial charge in [0.25, 0.3) is 0 Å². The molecule has 7 rings (SSSR count). The lowest BCUT2D eigenvalue weighted by Gasteiger charge is -2.20. The molecule has 0 atom stereocenters. The normalized spacial score (nSPS) is 13.0. The lowest BCUT2D eigenvalue weighted by molar-refractivity contribution is 0.482. The van der Waals surface area contributed by atoms with E-state index in [0.717, 1.165) is 16.2 Å². The standard InChI is InChI=1S/C24H11O/c25-18-11-16-8-7-14-4-2-12-1-3-13-5-6-15-9-10-17(18)24-22(15)20(13)19(12)21(14)23(16)24/h1-9,11,25H. The van der Waals surface area contributed by atoms with Crippen molar-refractivity contribution in [3.8, 4) is 5.75 Å². The molecule has 0 aliphatic heterocycles. The maximum absolute atomic E-state index is 10.6. The molecule has 0 spiro atoms. The van der Waals surface area contributed by atoms with Crippen LogP contribution in [-0.2, 0) is 0 Å². The molecule has 0 heterocycles. The van der Waals surface area contributed by atoms with Crippen LogP contribution in [0.3, 0.4) is 0 Å². The second kappa shape index (κ2) is 3.68. The van der Waals surface area contributed by atoms with Gasteiger partial charge in [-0.3, -0.25) is 0 Å². The van der Waals surface area contributed by atoms with Gasteiger partial charge in [-0.15, -0.1) is 0 Å². The summed E-state index contributed by atoms with van der Waals surface area (Å²) in [5.74, 6) is 0.312. The van der Waals surface area contributed by atoms with Crippen molar-refractivity contribution in [1.29, 1.82) is 0 Å². The molecule has 1 radical (unpaired) electrons. The molecule has 7 aromatic carbocycles. The summed E-state index contributed by atoms with van der Waals surface area (Å²) in [5.41, 5.74) is 0. The molecule has 0 unspecified atom stereocenters. The van der Waals surface area contributed by atoms with E-state index < -0.39 is 0 Å². The van der Waals surface area contributed by atoms with Gasteiger partial charge in [0.2, 0.25) is 0 Å². The quantitative estimate of drug-likeness (QED) is 0.253. The van der Waals surface area contributed by atoms with Crippen LogP contribution < -0.4 is 0 Å². The van der Waals surface area contributed by atoms with Gasteiger partial charge in [-0.25, -0.2) is 0 Å². The monoisotopic (exact) mass is 315 g/mol. The van der Waals surface area contributed by atoms with E-state index in [1.165, 1.54) is 48.5 Å². The van der Waals surface area contributed by atoms with Crippen molar-refractivity contribution in [2.75, 3.05) is 0 Å². The number of rotatable bonds is 0. The van der Waals surface area contributed by atoms with Gasteiger partial charge in [0.1, 0.15) is 5.75 Å². The molecule has 0 amide bonds. The first-order valence-corrected chi connectivity index (χ1v) is 8.52. The summed E-state index contributed by atoms with van der Waals surface area (Å²) in [6.45, 7) is 0. The molecule has 0 aliphatic carbocycles. The molecule has 0 saturated carbocycles. The molecule has 0 aromatic heterocycles. The van der Waals surface area contributed by atoms with E-state index in [1.807, 2.05) is 12.1 Å². The van der Waals surface area contributed by atoms with Crippen molar-refractivity contribution < 1.29 is 5.11 Å². The van der Waals surface area contributed by atoms with Gasteiger partial charge in [-0.2, -0.15) is 0 Å². The molecule has 0 aliphatic rings. The predicted octanol–water partition coefficient (Wildman–Crippen LogP) is 6.42. The van der Waals surface area contributed by atoms with Crippen LogP contribution >= 0.6 is 0 Å². The Bertz CT molecular complexity index is 1530. The van der Waals surface area contributed by atoms with Crippen LogP contribution in [-0.4, -0.2) is 5.11 Å². The average molecular weight is 315 g/mol. The van der Waals surface area contributed by atoms with Crippen LogP contribution in [0.25, 0.3) is 64.6 Å². The molecular weight excluding hydrogens is 304 g/mol. The number of aromatic hydroxyl groups is 1. The lowest BCUT2D eigenvalue weighted by Crippen LogP contribution is -1.92. The number of benzene rings is 7. The molecule has 0 saturated heterocycles. The number of hydrogen-bond donors (Lipinski definition) is 1. The second-order valence-electron chi connectivity index (χ2n) is 7.05. The Labute approximate surface area is 142 Å². The van der Waals surface area contributed by atoms with Gasteiger partial charge >= 0.3 is 0 Å². The molecule has 25 heavy (non-hydrogen) atoms. The summed E-state index contributed by atoms with van der Waals surface area (Å²) < 4.78 is 0. The van der Waals surface area contributed by atoms with Crippen LogP contribution in [0.15, 0.2) is 60.7 Å². The van der Waals surface area contributed by atoms with Crippen LogP contribution in [0, 0.1) is 6.07 Å². The first kappa shape index (κ1) is 12.1. The first-order valence-electron chi connectivity index (χ1n) is 8.52. The van der Waals surface area contributed by atoms with Gasteiger partial charge in [-0.1, -0.05) is 48.5 Å². The van der Waals surface area contributed by atoms with E-state index in [2.05, 4.69) is 54.6 Å². The zero-order valence-corrected chi connectivity index (χ0v) is 13.2. The third-order valence-electron chi connectivity index (χ3n) is 5.88. The fraction of sp³-hybridized carbons (Fsp3) is 0.